The largest absolute Gasteiger partial charge is 0.403 e. The predicted molar refractivity (Wildman–Crippen MR) is 60.1 cm³/mol. The quantitative estimate of drug-likeness (QED) is 0.490. The number of likely N-dealkylation sites (N-methyl/N-ethyl adjacent to an activating group) is 1. The summed E-state index contributed by atoms with van der Waals surface area (Å²) in [6.45, 7) is 8.29. The lowest BCUT2D eigenvalue weighted by atomic mass is 10.3. The van der Waals surface area contributed by atoms with Crippen LogP contribution in [0.4, 0.5) is 0 Å². The fraction of sp³-hybridized carbons (Fsp3) is 0.700. The molecule has 1 aliphatic rings. The van der Waals surface area contributed by atoms with Crippen LogP contribution in [0.5, 0.6) is 0 Å². The molecule has 0 aliphatic carbocycles. The maximum absolute atomic E-state index is 5.38. The van der Waals surface area contributed by atoms with Gasteiger partial charge in [0, 0.05) is 32.4 Å². The summed E-state index contributed by atoms with van der Waals surface area (Å²) in [5, 5.41) is 0. The van der Waals surface area contributed by atoms with Crippen molar-refractivity contribution in [3.05, 3.63) is 11.9 Å². The molecule has 0 aromatic heterocycles. The normalized spacial score (nSPS) is 21.5. The smallest absolute Gasteiger partial charge is 0.101 e. The second-order valence-corrected chi connectivity index (χ2v) is 3.76. The van der Waals surface area contributed by atoms with Crippen LogP contribution in [-0.4, -0.2) is 48.9 Å². The van der Waals surface area contributed by atoms with Crippen LogP contribution >= 0.6 is 0 Å². The lowest BCUT2D eigenvalue weighted by molar-refractivity contribution is 0.214. The molecule has 4 nitrogen and oxygen atoms in total. The van der Waals surface area contributed by atoms with Crippen molar-refractivity contribution in [3.8, 4) is 0 Å². The zero-order valence-electron chi connectivity index (χ0n) is 9.32. The Labute approximate surface area is 86.1 Å². The first-order valence-corrected chi connectivity index (χ1v) is 5.00. The average molecular weight is 196 g/mol. The number of hydrogen-bond donors (Lipinski definition) is 1. The van der Waals surface area contributed by atoms with Gasteiger partial charge in [-0.1, -0.05) is 0 Å². The maximum Gasteiger partial charge on any atom is 0.101 e. The number of rotatable bonds is 1. The Balaban J connectivity index is 2.53. The molecule has 2 N–H and O–H groups in total. The van der Waals surface area contributed by atoms with E-state index in [0.717, 1.165) is 37.7 Å². The van der Waals surface area contributed by atoms with E-state index in [1.807, 2.05) is 13.8 Å². The van der Waals surface area contributed by atoms with Gasteiger partial charge in [-0.2, -0.15) is 0 Å². The molecule has 1 fully saturated rings. The van der Waals surface area contributed by atoms with E-state index in [2.05, 4.69) is 21.8 Å². The third-order valence-electron chi connectivity index (χ3n) is 2.54. The van der Waals surface area contributed by atoms with Crippen molar-refractivity contribution < 1.29 is 0 Å². The van der Waals surface area contributed by atoms with E-state index >= 15 is 0 Å². The van der Waals surface area contributed by atoms with Crippen LogP contribution in [0.1, 0.15) is 13.8 Å². The highest BCUT2D eigenvalue weighted by molar-refractivity contribution is 5.80. The van der Waals surface area contributed by atoms with Gasteiger partial charge in [0.05, 0.1) is 5.70 Å². The number of piperazine rings is 1. The van der Waals surface area contributed by atoms with Gasteiger partial charge in [0.15, 0.2) is 0 Å². The van der Waals surface area contributed by atoms with E-state index in [9.17, 15) is 0 Å². The van der Waals surface area contributed by atoms with Gasteiger partial charge in [0.2, 0.25) is 0 Å². The van der Waals surface area contributed by atoms with E-state index in [0.29, 0.717) is 0 Å². The van der Waals surface area contributed by atoms with Gasteiger partial charge in [-0.15, -0.1) is 0 Å². The fourth-order valence-electron chi connectivity index (χ4n) is 1.49. The molecule has 0 radical (unpaired) electrons. The minimum Gasteiger partial charge on any atom is -0.403 e. The third-order valence-corrected chi connectivity index (χ3v) is 2.54. The lowest BCUT2D eigenvalue weighted by Crippen LogP contribution is -2.46. The van der Waals surface area contributed by atoms with E-state index in [1.54, 1.807) is 6.20 Å². The Bertz CT molecular complexity index is 237. The molecule has 1 heterocycles. The maximum atomic E-state index is 5.38. The minimum absolute atomic E-state index is 0.876. The van der Waals surface area contributed by atoms with Crippen LogP contribution in [0.3, 0.4) is 0 Å². The summed E-state index contributed by atoms with van der Waals surface area (Å²) in [7, 11) is 2.15. The zero-order chi connectivity index (χ0) is 10.6. The Kier molecular flexibility index (Phi) is 3.95. The number of amidine groups is 1. The van der Waals surface area contributed by atoms with Crippen molar-refractivity contribution in [3.63, 3.8) is 0 Å². The molecule has 0 aromatic carbocycles. The summed E-state index contributed by atoms with van der Waals surface area (Å²) in [4.78, 5) is 9.03. The van der Waals surface area contributed by atoms with Crippen molar-refractivity contribution in [1.82, 2.24) is 9.80 Å². The van der Waals surface area contributed by atoms with Crippen LogP contribution in [0.2, 0.25) is 0 Å². The molecule has 4 heteroatoms. The SMILES string of the molecule is CC(=N/C(C)=C\N)N1CCN(C)CC1. The Hall–Kier alpha value is -1.03. The molecule has 0 bridgehead atoms. The van der Waals surface area contributed by atoms with E-state index in [1.165, 1.54) is 0 Å². The first-order valence-electron chi connectivity index (χ1n) is 5.00. The minimum atomic E-state index is 0.876. The van der Waals surface area contributed by atoms with Crippen LogP contribution in [0, 0.1) is 0 Å². The van der Waals surface area contributed by atoms with Crippen molar-refractivity contribution in [1.29, 1.82) is 0 Å². The highest BCUT2D eigenvalue weighted by Crippen LogP contribution is 2.03. The van der Waals surface area contributed by atoms with E-state index in [4.69, 9.17) is 5.73 Å². The topological polar surface area (TPSA) is 44.9 Å². The molecule has 0 aromatic rings. The van der Waals surface area contributed by atoms with Gasteiger partial charge >= 0.3 is 0 Å². The predicted octanol–water partition coefficient (Wildman–Crippen LogP) is 0.472. The number of nitrogens with zero attached hydrogens (tertiary/aromatic N) is 3. The molecule has 0 unspecified atom stereocenters. The second-order valence-electron chi connectivity index (χ2n) is 3.76. The summed E-state index contributed by atoms with van der Waals surface area (Å²) in [5.41, 5.74) is 6.25. The molecule has 1 rings (SSSR count). The summed E-state index contributed by atoms with van der Waals surface area (Å²) >= 11 is 0. The third kappa shape index (κ3) is 3.03. The molecule has 0 saturated carbocycles. The molecule has 80 valence electrons. The van der Waals surface area contributed by atoms with Crippen LogP contribution in [0.15, 0.2) is 16.9 Å². The van der Waals surface area contributed by atoms with Gasteiger partial charge in [0.1, 0.15) is 5.84 Å². The molecule has 0 amide bonds. The molecule has 1 aliphatic heterocycles. The Morgan fingerprint density at radius 3 is 2.29 bits per heavy atom. The zero-order valence-corrected chi connectivity index (χ0v) is 9.32. The summed E-state index contributed by atoms with van der Waals surface area (Å²) in [5.74, 6) is 1.07. The van der Waals surface area contributed by atoms with Gasteiger partial charge in [-0.3, -0.25) is 0 Å². The standard InChI is InChI=1S/C10H20N4/c1-9(8-11)12-10(2)14-6-4-13(3)5-7-14/h8H,4-7,11H2,1-3H3/b9-8-,12-10?. The van der Waals surface area contributed by atoms with Crippen molar-refractivity contribution >= 4 is 5.84 Å². The molecular formula is C10H20N4. The Morgan fingerprint density at radius 1 is 1.21 bits per heavy atom. The number of hydrogen-bond acceptors (Lipinski definition) is 3. The fourth-order valence-corrected chi connectivity index (χ4v) is 1.49. The summed E-state index contributed by atoms with van der Waals surface area (Å²) < 4.78 is 0. The summed E-state index contributed by atoms with van der Waals surface area (Å²) in [6, 6.07) is 0. The molecular weight excluding hydrogens is 176 g/mol. The van der Waals surface area contributed by atoms with Crippen molar-refractivity contribution in [2.75, 3.05) is 33.2 Å². The van der Waals surface area contributed by atoms with Gasteiger partial charge < -0.3 is 15.5 Å². The molecule has 1 saturated heterocycles. The second kappa shape index (κ2) is 5.00. The monoisotopic (exact) mass is 196 g/mol. The van der Waals surface area contributed by atoms with Gasteiger partial charge in [-0.25, -0.2) is 4.99 Å². The van der Waals surface area contributed by atoms with Crippen LogP contribution < -0.4 is 5.73 Å². The number of allylic oxidation sites excluding steroid dienone is 1. The van der Waals surface area contributed by atoms with Gasteiger partial charge in [0.25, 0.3) is 0 Å². The highest BCUT2D eigenvalue weighted by Gasteiger charge is 2.14. The Morgan fingerprint density at radius 2 is 1.79 bits per heavy atom. The van der Waals surface area contributed by atoms with Crippen LogP contribution in [0.25, 0.3) is 0 Å². The first kappa shape index (κ1) is 11.0. The first-order chi connectivity index (χ1) is 6.63. The highest BCUT2D eigenvalue weighted by atomic mass is 15.3. The lowest BCUT2D eigenvalue weighted by Gasteiger charge is -2.33. The van der Waals surface area contributed by atoms with E-state index < -0.39 is 0 Å². The van der Waals surface area contributed by atoms with Crippen LogP contribution in [-0.2, 0) is 0 Å². The number of nitrogens with two attached hydrogens (primary N) is 1. The molecule has 0 spiro atoms. The summed E-state index contributed by atoms with van der Waals surface area (Å²) in [6.07, 6.45) is 1.54. The molecule has 0 atom stereocenters. The molecule has 14 heavy (non-hydrogen) atoms. The van der Waals surface area contributed by atoms with E-state index in [-0.39, 0.29) is 0 Å². The van der Waals surface area contributed by atoms with Crippen molar-refractivity contribution in [2.24, 2.45) is 10.7 Å². The van der Waals surface area contributed by atoms with Gasteiger partial charge in [-0.05, 0) is 20.9 Å². The average Bonchev–Trinajstić information content (AvgIpc) is 2.18. The number of aliphatic imine (C=N–C) groups is 1. The van der Waals surface area contributed by atoms with Crippen molar-refractivity contribution in [2.45, 2.75) is 13.8 Å².